The number of aliphatic hydroxyl groups is 7. The van der Waals surface area contributed by atoms with Gasteiger partial charge in [-0.25, -0.2) is 4.79 Å². The number of hydrogen-bond donors (Lipinski definition) is 7. The van der Waals surface area contributed by atoms with Crippen molar-refractivity contribution in [3.05, 3.63) is 35.9 Å². The van der Waals surface area contributed by atoms with Gasteiger partial charge in [0.15, 0.2) is 6.29 Å². The van der Waals surface area contributed by atoms with Crippen LogP contribution in [0.15, 0.2) is 30.3 Å². The van der Waals surface area contributed by atoms with Crippen molar-refractivity contribution in [1.82, 2.24) is 0 Å². The van der Waals surface area contributed by atoms with Crippen LogP contribution in [0.2, 0.25) is 0 Å². The molecule has 1 aromatic rings. The molecular weight excluding hydrogens is 436 g/mol. The van der Waals surface area contributed by atoms with Gasteiger partial charge < -0.3 is 50.0 Å². The Morgan fingerprint density at radius 2 is 1.62 bits per heavy atom. The van der Waals surface area contributed by atoms with E-state index in [-0.39, 0.29) is 5.56 Å². The van der Waals surface area contributed by atoms with E-state index in [9.17, 15) is 40.5 Å². The molecule has 0 radical (unpaired) electrons. The van der Waals surface area contributed by atoms with Crippen LogP contribution in [0.5, 0.6) is 0 Å². The Balaban J connectivity index is 1.64. The minimum absolute atomic E-state index is 0.198. The van der Waals surface area contributed by atoms with Crippen molar-refractivity contribution < 1.29 is 64.5 Å². The van der Waals surface area contributed by atoms with Gasteiger partial charge in [0.25, 0.3) is 0 Å². The Bertz CT molecular complexity index is 748. The first-order valence-corrected chi connectivity index (χ1v) is 9.76. The van der Waals surface area contributed by atoms with E-state index < -0.39 is 80.6 Å². The topological polar surface area (TPSA) is 205 Å². The number of hydrogen-bond acceptors (Lipinski definition) is 13. The number of ether oxygens (including phenoxy) is 3. The van der Waals surface area contributed by atoms with Gasteiger partial charge >= 0.3 is 5.97 Å². The van der Waals surface area contributed by atoms with Gasteiger partial charge in [-0.3, -0.25) is 4.89 Å². The smallest absolute Gasteiger partial charge is 0.373 e. The number of carbonyl (C=O) groups is 1. The summed E-state index contributed by atoms with van der Waals surface area (Å²) in [6.45, 7) is -2.30. The van der Waals surface area contributed by atoms with Crippen LogP contribution in [0.4, 0.5) is 0 Å². The van der Waals surface area contributed by atoms with Gasteiger partial charge in [0.2, 0.25) is 5.79 Å². The first-order valence-electron chi connectivity index (χ1n) is 9.76. The van der Waals surface area contributed by atoms with Gasteiger partial charge in [-0.15, -0.1) is 0 Å². The fraction of sp³-hybridized carbons (Fsp3) is 0.632. The van der Waals surface area contributed by atoms with Crippen molar-refractivity contribution in [2.24, 2.45) is 0 Å². The third-order valence-corrected chi connectivity index (χ3v) is 5.27. The molecule has 2 aliphatic heterocycles. The van der Waals surface area contributed by atoms with E-state index in [2.05, 4.69) is 4.89 Å². The molecule has 1 aromatic carbocycles. The first kappa shape index (κ1) is 24.9. The third-order valence-electron chi connectivity index (χ3n) is 5.27. The fourth-order valence-electron chi connectivity index (χ4n) is 3.40. The largest absolute Gasteiger partial charge is 0.394 e. The predicted octanol–water partition coefficient (Wildman–Crippen LogP) is -3.60. The molecule has 0 aliphatic carbocycles. The molecule has 7 N–H and O–H groups in total. The molecule has 0 saturated carbocycles. The average Bonchev–Trinajstić information content (AvgIpc) is 3.05. The second kappa shape index (κ2) is 10.5. The van der Waals surface area contributed by atoms with Crippen molar-refractivity contribution in [2.75, 3.05) is 19.8 Å². The zero-order valence-corrected chi connectivity index (χ0v) is 16.7. The van der Waals surface area contributed by atoms with Crippen molar-refractivity contribution in [2.45, 2.75) is 54.8 Å². The van der Waals surface area contributed by atoms with Crippen LogP contribution in [-0.2, 0) is 24.0 Å². The van der Waals surface area contributed by atoms with Gasteiger partial charge in [-0.1, -0.05) is 18.2 Å². The normalized spacial score (nSPS) is 39.7. The number of benzene rings is 1. The SMILES string of the molecule is O=C(OOC[C@H]1O[C@H](O[C@]2(CO)O[C@H](CO)[C@@H](O)[C@@H]2O)[C@H](O)[C@@H](O)[C@@H]1O)c1ccccc1. The molecule has 3 rings (SSSR count). The molecule has 0 unspecified atom stereocenters. The van der Waals surface area contributed by atoms with Crippen LogP contribution in [0.25, 0.3) is 0 Å². The zero-order chi connectivity index (χ0) is 23.5. The Morgan fingerprint density at radius 1 is 0.938 bits per heavy atom. The molecule has 2 aliphatic rings. The summed E-state index contributed by atoms with van der Waals surface area (Å²) >= 11 is 0. The lowest BCUT2D eigenvalue weighted by Gasteiger charge is -2.43. The van der Waals surface area contributed by atoms with Crippen molar-refractivity contribution in [3.8, 4) is 0 Å². The Kier molecular flexibility index (Phi) is 8.13. The Labute approximate surface area is 181 Å². The first-order chi connectivity index (χ1) is 15.2. The third kappa shape index (κ3) is 4.93. The summed E-state index contributed by atoms with van der Waals surface area (Å²) in [5, 5.41) is 69.6. The summed E-state index contributed by atoms with van der Waals surface area (Å²) in [7, 11) is 0. The lowest BCUT2D eigenvalue weighted by molar-refractivity contribution is -0.390. The van der Waals surface area contributed by atoms with Gasteiger partial charge in [0, 0.05) is 0 Å². The molecule has 0 bridgehead atoms. The second-order valence-corrected chi connectivity index (χ2v) is 7.40. The highest BCUT2D eigenvalue weighted by Gasteiger charge is 2.58. The van der Waals surface area contributed by atoms with Crippen molar-refractivity contribution in [1.29, 1.82) is 0 Å². The summed E-state index contributed by atoms with van der Waals surface area (Å²) in [5.74, 6) is -3.12. The zero-order valence-electron chi connectivity index (χ0n) is 16.7. The summed E-state index contributed by atoms with van der Waals surface area (Å²) in [5.41, 5.74) is 0.198. The quantitative estimate of drug-likeness (QED) is 0.147. The van der Waals surface area contributed by atoms with Gasteiger partial charge in [-0.05, 0) is 12.1 Å². The highest BCUT2D eigenvalue weighted by molar-refractivity contribution is 5.88. The number of aliphatic hydroxyl groups excluding tert-OH is 7. The van der Waals surface area contributed by atoms with Crippen molar-refractivity contribution in [3.63, 3.8) is 0 Å². The Morgan fingerprint density at radius 3 is 2.22 bits per heavy atom. The molecule has 13 nitrogen and oxygen atoms in total. The molecule has 13 heteroatoms. The van der Waals surface area contributed by atoms with E-state index in [1.54, 1.807) is 18.2 Å². The van der Waals surface area contributed by atoms with Crippen LogP contribution in [-0.4, -0.2) is 116 Å². The monoisotopic (exact) mass is 462 g/mol. The number of rotatable bonds is 8. The minimum atomic E-state index is -2.30. The van der Waals surface area contributed by atoms with E-state index in [1.807, 2.05) is 0 Å². The molecule has 0 amide bonds. The lowest BCUT2D eigenvalue weighted by atomic mass is 9.99. The maximum atomic E-state index is 11.9. The van der Waals surface area contributed by atoms with Gasteiger partial charge in [0.1, 0.15) is 55.9 Å². The van der Waals surface area contributed by atoms with E-state index in [0.29, 0.717) is 0 Å². The van der Waals surface area contributed by atoms with E-state index in [4.69, 9.17) is 19.1 Å². The summed E-state index contributed by atoms with van der Waals surface area (Å²) < 4.78 is 16.0. The second-order valence-electron chi connectivity index (χ2n) is 7.40. The summed E-state index contributed by atoms with van der Waals surface area (Å²) in [4.78, 5) is 21.3. The summed E-state index contributed by atoms with van der Waals surface area (Å²) in [6.07, 6.45) is -13.3. The maximum Gasteiger partial charge on any atom is 0.373 e. The Hall–Kier alpha value is -1.75. The van der Waals surface area contributed by atoms with Crippen LogP contribution in [0.3, 0.4) is 0 Å². The van der Waals surface area contributed by atoms with Crippen LogP contribution < -0.4 is 0 Å². The summed E-state index contributed by atoms with van der Waals surface area (Å²) in [6, 6.07) is 7.88. The van der Waals surface area contributed by atoms with E-state index in [1.165, 1.54) is 12.1 Å². The van der Waals surface area contributed by atoms with Crippen LogP contribution in [0.1, 0.15) is 10.4 Å². The van der Waals surface area contributed by atoms with Gasteiger partial charge in [0.05, 0.1) is 12.2 Å². The molecule has 180 valence electrons. The molecule has 2 heterocycles. The lowest BCUT2D eigenvalue weighted by Crippen LogP contribution is -2.62. The van der Waals surface area contributed by atoms with Gasteiger partial charge in [-0.2, -0.15) is 4.89 Å². The van der Waals surface area contributed by atoms with E-state index in [0.717, 1.165) is 0 Å². The van der Waals surface area contributed by atoms with E-state index >= 15 is 0 Å². The standard InChI is InChI=1S/C19H26O13/c20-6-10-13(23)16(26)19(8-21,30-10)31-18-15(25)14(24)12(22)11(29-18)7-28-32-17(27)9-4-2-1-3-5-9/h1-5,10-16,18,20-26H,6-8H2/t10-,11-,12-,13-,14+,15-,16+,18-,19+/m1/s1. The maximum absolute atomic E-state index is 11.9. The molecule has 0 aromatic heterocycles. The fourth-order valence-corrected chi connectivity index (χ4v) is 3.40. The van der Waals surface area contributed by atoms with Crippen LogP contribution in [0, 0.1) is 0 Å². The van der Waals surface area contributed by atoms with Crippen LogP contribution >= 0.6 is 0 Å². The highest BCUT2D eigenvalue weighted by Crippen LogP contribution is 2.36. The number of carbonyl (C=O) groups excluding carboxylic acids is 1. The molecule has 9 atom stereocenters. The molecular formula is C19H26O13. The predicted molar refractivity (Wildman–Crippen MR) is 99.4 cm³/mol. The molecule has 32 heavy (non-hydrogen) atoms. The average molecular weight is 462 g/mol. The molecule has 0 spiro atoms. The minimum Gasteiger partial charge on any atom is -0.394 e. The molecule has 2 fully saturated rings. The molecule has 2 saturated heterocycles. The highest BCUT2D eigenvalue weighted by atomic mass is 17.2. The van der Waals surface area contributed by atoms with Crippen molar-refractivity contribution >= 4 is 5.97 Å².